The second kappa shape index (κ2) is 47.4. The molecular weight excluding hydrogens is 1530 g/mol. The van der Waals surface area contributed by atoms with Crippen LogP contribution in [-0.4, -0.2) is 233 Å². The molecular formula is C66H88Cl2F3N6O27P3. The first-order valence-corrected chi connectivity index (χ1v) is 39.2. The largest absolute Gasteiger partial charge is 0.475 e. The molecule has 5 unspecified atom stereocenters. The molecule has 0 saturated carbocycles. The number of halogens is 5. The Morgan fingerprint density at radius 3 is 1.68 bits per heavy atom. The molecule has 41 heteroatoms. The molecule has 5 atom stereocenters. The molecule has 3 N–H and O–H groups in total. The topological polar surface area (TPSA) is 375 Å². The number of aliphatic hydroxyl groups excluding tert-OH is 1. The number of anilines is 2. The molecule has 0 saturated heterocycles. The fraction of sp³-hybridized carbons (Fsp3) is 0.621. The summed E-state index contributed by atoms with van der Waals surface area (Å²) in [5, 5.41) is 21.8. The first-order valence-electron chi connectivity index (χ1n) is 34.1. The number of benzene rings is 3. The Kier molecular flexibility index (Phi) is 39.9. The zero-order valence-electron chi connectivity index (χ0n) is 59.1. The van der Waals surface area contributed by atoms with Crippen LogP contribution in [0.1, 0.15) is 88.9 Å². The number of carbonyl (C=O) groups excluding carboxylic acids is 4. The van der Waals surface area contributed by atoms with E-state index in [4.69, 9.17) is 135 Å². The first-order chi connectivity index (χ1) is 51.5. The Bertz CT molecular complexity index is 3650. The maximum absolute atomic E-state index is 14.3. The van der Waals surface area contributed by atoms with Crippen LogP contribution in [0.3, 0.4) is 0 Å². The van der Waals surface area contributed by atoms with Crippen LogP contribution in [0.25, 0.3) is 9.69 Å². The van der Waals surface area contributed by atoms with Crippen molar-refractivity contribution in [3.05, 3.63) is 103 Å². The van der Waals surface area contributed by atoms with Crippen LogP contribution in [0.4, 0.5) is 24.5 Å². The monoisotopic (exact) mass is 1620 g/mol. The van der Waals surface area contributed by atoms with Crippen molar-refractivity contribution in [2.45, 2.75) is 64.1 Å². The summed E-state index contributed by atoms with van der Waals surface area (Å²) in [6.07, 6.45) is -3.60. The molecule has 3 aliphatic rings. The lowest BCUT2D eigenvalue weighted by molar-refractivity contribution is -0.167. The summed E-state index contributed by atoms with van der Waals surface area (Å²) < 4.78 is 186. The normalized spacial score (nSPS) is 16.3. The van der Waals surface area contributed by atoms with E-state index < -0.39 is 65.6 Å². The van der Waals surface area contributed by atoms with Gasteiger partial charge in [-0.2, -0.15) is 18.4 Å². The molecule has 0 aliphatic carbocycles. The number of carbonyl (C=O) groups is 4. The number of fused-ring (bicyclic) bond motifs is 7. The van der Waals surface area contributed by atoms with Gasteiger partial charge >= 0.3 is 41.5 Å². The minimum absolute atomic E-state index is 0.0136. The van der Waals surface area contributed by atoms with E-state index in [9.17, 15) is 46.0 Å². The molecule has 0 aromatic heterocycles. The third kappa shape index (κ3) is 29.1. The number of aryl methyl sites for hydroxylation is 1. The molecule has 3 aromatic carbocycles. The molecule has 0 bridgehead atoms. The molecule has 3 aromatic rings. The molecule has 107 heavy (non-hydrogen) atoms. The molecule has 3 amide bonds. The fourth-order valence-corrected chi connectivity index (χ4v) is 14.7. The van der Waals surface area contributed by atoms with Gasteiger partial charge in [0.15, 0.2) is 5.60 Å². The molecule has 594 valence electrons. The number of phosphoric ester groups is 3. The van der Waals surface area contributed by atoms with E-state index in [0.717, 1.165) is 12.1 Å². The second-order valence-corrected chi connectivity index (χ2v) is 28.6. The van der Waals surface area contributed by atoms with E-state index in [1.165, 1.54) is 24.0 Å². The zero-order valence-corrected chi connectivity index (χ0v) is 63.3. The lowest BCUT2D eigenvalue weighted by atomic mass is 9.76. The first kappa shape index (κ1) is 90.0. The van der Waals surface area contributed by atoms with Crippen LogP contribution in [0, 0.1) is 30.4 Å². The average Bonchev–Trinajstić information content (AvgIpc) is 1.58. The number of rotatable bonds is 56. The molecule has 3 aliphatic heterocycles. The summed E-state index contributed by atoms with van der Waals surface area (Å²) in [7, 11) is -12.7. The minimum atomic E-state index is -5.25. The van der Waals surface area contributed by atoms with Crippen molar-refractivity contribution < 1.29 is 139 Å². The smallest absolute Gasteiger partial charge is 0.456 e. The van der Waals surface area contributed by atoms with Crippen molar-refractivity contribution in [2.75, 3.05) is 208 Å². The van der Waals surface area contributed by atoms with Gasteiger partial charge in [-0.3, -0.25) is 55.1 Å². The van der Waals surface area contributed by atoms with Crippen LogP contribution in [-0.2, 0) is 119 Å². The highest BCUT2D eigenvalue weighted by atomic mass is 35.5. The number of ether oxygens (including phenoxy) is 10. The number of nitrogens with zero attached hydrogens (tertiary/aromatic N) is 4. The summed E-state index contributed by atoms with van der Waals surface area (Å²) in [5.41, 5.74) is -1.44. The van der Waals surface area contributed by atoms with E-state index in [1.807, 2.05) is 6.07 Å². The number of phosphoric acid groups is 3. The number of aliphatic hydroxyl groups is 1. The van der Waals surface area contributed by atoms with E-state index >= 15 is 0 Å². The van der Waals surface area contributed by atoms with Crippen LogP contribution in [0.5, 0.6) is 11.5 Å². The maximum atomic E-state index is 14.3. The van der Waals surface area contributed by atoms with Gasteiger partial charge in [0.25, 0.3) is 5.91 Å². The summed E-state index contributed by atoms with van der Waals surface area (Å²) in [6, 6.07) is 9.90. The quantitative estimate of drug-likeness (QED) is 0.0205. The third-order valence-corrected chi connectivity index (χ3v) is 20.4. The maximum Gasteiger partial charge on any atom is 0.475 e. The Morgan fingerprint density at radius 1 is 0.682 bits per heavy atom. The zero-order chi connectivity index (χ0) is 77.6. The Balaban J connectivity index is 0.964. The lowest BCUT2D eigenvalue weighted by Crippen LogP contribution is -2.36. The highest BCUT2D eigenvalue weighted by Gasteiger charge is 2.57. The van der Waals surface area contributed by atoms with Crippen LogP contribution < -0.4 is 20.3 Å². The van der Waals surface area contributed by atoms with Crippen molar-refractivity contribution in [2.24, 2.45) is 5.92 Å². The van der Waals surface area contributed by atoms with Gasteiger partial charge in [-0.25, -0.2) is 31.6 Å². The third-order valence-electron chi connectivity index (χ3n) is 15.2. The number of hydrogen-bond donors (Lipinski definition) is 3. The summed E-state index contributed by atoms with van der Waals surface area (Å²) in [6.45, 7) is 18.1. The SMILES string of the molecule is [C-]#[N+]CCOP(=O)(OCCOCCOCCOCCOCCO)OCCOCCOCCOCCOCCOP(=O)(OCC[N+]#[C-])OCC(CCCCNC(=O)c1cc(Cl)c2c(c1Cl)C(=O)OC21c2ccc(NC(=O)C(F)(F)F)cc2Oc2cc3c(cc21)CCCN3C(C)=O)COP(=O)(OCC)OCCC#N. The van der Waals surface area contributed by atoms with E-state index in [-0.39, 0.29) is 239 Å². The Labute approximate surface area is 627 Å². The van der Waals surface area contributed by atoms with Crippen molar-refractivity contribution in [1.29, 1.82) is 5.26 Å². The van der Waals surface area contributed by atoms with Gasteiger partial charge < -0.3 is 77.7 Å². The number of nitriles is 1. The van der Waals surface area contributed by atoms with Crippen molar-refractivity contribution in [3.8, 4) is 17.6 Å². The number of esters is 1. The van der Waals surface area contributed by atoms with Gasteiger partial charge in [0.2, 0.25) is 19.0 Å². The molecule has 3 heterocycles. The van der Waals surface area contributed by atoms with Crippen molar-refractivity contribution >= 4 is 81.7 Å². The number of nitrogens with one attached hydrogen (secondary N) is 2. The predicted octanol–water partition coefficient (Wildman–Crippen LogP) is 10.2. The standard InChI is InChI=1S/C66H88Cl2F3N6O27P3/c1-5-94-105(83,95-20-9-14-72)101-46-49(47-102-107(85,97-22-17-74-4)100-41-38-93-35-32-90-29-28-89-31-34-92-37-40-99-106(84,96-21-16-73-3)98-39-36-91-33-30-88-27-26-87-25-24-86-23-19-78)10-6-7-15-75-62(80)52-44-55(67)60-59(61(52)68)63(81)104-65(60)53-13-12-51(76-64(82)66(69,70)71)43-57(53)103-58-45-56-50(42-54(58)65)11-8-18-77(56)48(2)79/h12-13,42-45,49,78H,5-11,15-41,46-47H2,1-2H3,(H,75,80)(H,76,82). The Hall–Kier alpha value is -5.85. The van der Waals surface area contributed by atoms with Crippen LogP contribution in [0.15, 0.2) is 36.4 Å². The van der Waals surface area contributed by atoms with Gasteiger partial charge in [0.05, 0.1) is 198 Å². The van der Waals surface area contributed by atoms with Crippen molar-refractivity contribution in [3.63, 3.8) is 0 Å². The molecule has 0 radical (unpaired) electrons. The molecule has 6 rings (SSSR count). The molecule has 1 spiro atoms. The number of alkyl halides is 3. The Morgan fingerprint density at radius 2 is 1.18 bits per heavy atom. The second-order valence-electron chi connectivity index (χ2n) is 22.8. The number of amides is 3. The molecule has 0 fully saturated rings. The summed E-state index contributed by atoms with van der Waals surface area (Å²) in [5.74, 6) is -5.21. The molecule has 33 nitrogen and oxygen atoms in total. The van der Waals surface area contributed by atoms with Crippen LogP contribution >= 0.6 is 46.7 Å². The van der Waals surface area contributed by atoms with Gasteiger partial charge in [0.1, 0.15) is 24.7 Å². The number of hydrogen-bond acceptors (Lipinski definition) is 28. The van der Waals surface area contributed by atoms with Gasteiger partial charge in [0, 0.05) is 60.4 Å². The average molecular weight is 1620 g/mol. The van der Waals surface area contributed by atoms with Gasteiger partial charge in [-0.15, -0.1) is 0 Å². The van der Waals surface area contributed by atoms with Gasteiger partial charge in [-0.1, -0.05) is 29.6 Å². The van der Waals surface area contributed by atoms with Crippen molar-refractivity contribution in [1.82, 2.24) is 5.32 Å². The number of unbranched alkanes of at least 4 members (excludes halogenated alkanes) is 1. The highest BCUT2D eigenvalue weighted by molar-refractivity contribution is 7.49. The van der Waals surface area contributed by atoms with E-state index in [1.54, 1.807) is 24.4 Å². The highest BCUT2D eigenvalue weighted by Crippen LogP contribution is 2.61. The van der Waals surface area contributed by atoms with E-state index in [0.29, 0.717) is 63.5 Å². The van der Waals surface area contributed by atoms with E-state index in [2.05, 4.69) is 15.0 Å². The summed E-state index contributed by atoms with van der Waals surface area (Å²) in [4.78, 5) is 61.2. The van der Waals surface area contributed by atoms with Crippen LogP contribution in [0.2, 0.25) is 10.0 Å². The van der Waals surface area contributed by atoms with Gasteiger partial charge in [-0.05, 0) is 62.4 Å². The minimum Gasteiger partial charge on any atom is -0.456 e. The predicted molar refractivity (Wildman–Crippen MR) is 374 cm³/mol. The summed E-state index contributed by atoms with van der Waals surface area (Å²) >= 11 is 14.1. The lowest BCUT2D eigenvalue weighted by Gasteiger charge is -2.39. The fourth-order valence-electron chi connectivity index (χ4n) is 10.5.